The molecule has 9 heteroatoms. The summed E-state index contributed by atoms with van der Waals surface area (Å²) in [6.07, 6.45) is 4.74. The van der Waals surface area contributed by atoms with Gasteiger partial charge >= 0.3 is 0 Å². The topological polar surface area (TPSA) is 93.0 Å². The SMILES string of the molecule is CC1(C)C(=O)N(c2ccc3c(cnn3-c3ccc(F)cc3)c2)[C@@H](c2ccccc2)[C@@H]1NC(=O)c1ncccn1. The molecule has 1 aliphatic rings. The summed E-state index contributed by atoms with van der Waals surface area (Å²) in [5.41, 5.74) is 2.18. The molecule has 0 spiro atoms. The summed E-state index contributed by atoms with van der Waals surface area (Å²) in [6.45, 7) is 3.68. The molecule has 1 aliphatic heterocycles. The van der Waals surface area contributed by atoms with Crippen LogP contribution in [0.1, 0.15) is 36.1 Å². The van der Waals surface area contributed by atoms with E-state index in [0.29, 0.717) is 5.69 Å². The summed E-state index contributed by atoms with van der Waals surface area (Å²) in [6, 6.07) is 22.0. The Morgan fingerprint density at radius 1 is 0.923 bits per heavy atom. The van der Waals surface area contributed by atoms with E-state index in [4.69, 9.17) is 0 Å². The van der Waals surface area contributed by atoms with Crippen molar-refractivity contribution < 1.29 is 14.0 Å². The average Bonchev–Trinajstić information content (AvgIpc) is 3.46. The van der Waals surface area contributed by atoms with Crippen molar-refractivity contribution in [3.63, 3.8) is 0 Å². The Morgan fingerprint density at radius 3 is 2.33 bits per heavy atom. The number of benzene rings is 3. The van der Waals surface area contributed by atoms with E-state index >= 15 is 0 Å². The lowest BCUT2D eigenvalue weighted by Gasteiger charge is -2.30. The highest BCUT2D eigenvalue weighted by Gasteiger charge is 2.55. The second-order valence-electron chi connectivity index (χ2n) is 10.1. The number of hydrogen-bond acceptors (Lipinski definition) is 5. The van der Waals surface area contributed by atoms with Gasteiger partial charge in [-0.25, -0.2) is 19.0 Å². The molecule has 5 aromatic rings. The maximum absolute atomic E-state index is 14.0. The van der Waals surface area contributed by atoms with Crippen molar-refractivity contribution in [2.45, 2.75) is 25.9 Å². The molecule has 0 radical (unpaired) electrons. The summed E-state index contributed by atoms with van der Waals surface area (Å²) < 4.78 is 15.2. The fourth-order valence-corrected chi connectivity index (χ4v) is 5.22. The van der Waals surface area contributed by atoms with Crippen molar-refractivity contribution in [1.29, 1.82) is 0 Å². The molecule has 1 saturated heterocycles. The van der Waals surface area contributed by atoms with Crippen LogP contribution in [-0.4, -0.2) is 37.6 Å². The van der Waals surface area contributed by atoms with Gasteiger partial charge < -0.3 is 10.2 Å². The van der Waals surface area contributed by atoms with Gasteiger partial charge in [0.05, 0.1) is 34.9 Å². The lowest BCUT2D eigenvalue weighted by atomic mass is 9.82. The fraction of sp³-hybridized carbons (Fsp3) is 0.167. The van der Waals surface area contributed by atoms with Crippen LogP contribution in [0.25, 0.3) is 16.6 Å². The van der Waals surface area contributed by atoms with Gasteiger partial charge in [-0.2, -0.15) is 5.10 Å². The van der Waals surface area contributed by atoms with Gasteiger partial charge in [-0.05, 0) is 67.9 Å². The van der Waals surface area contributed by atoms with Crippen molar-refractivity contribution in [2.24, 2.45) is 5.41 Å². The smallest absolute Gasteiger partial charge is 0.289 e. The van der Waals surface area contributed by atoms with E-state index in [1.54, 1.807) is 34.0 Å². The predicted octanol–water partition coefficient (Wildman–Crippen LogP) is 4.87. The number of nitrogens with one attached hydrogen (secondary N) is 1. The van der Waals surface area contributed by atoms with E-state index in [1.807, 2.05) is 62.4 Å². The second-order valence-corrected chi connectivity index (χ2v) is 10.1. The number of carbonyl (C=O) groups excluding carboxylic acids is 2. The van der Waals surface area contributed by atoms with Crippen LogP contribution in [0.4, 0.5) is 10.1 Å². The number of rotatable bonds is 5. The minimum absolute atomic E-state index is 0.0423. The van der Waals surface area contributed by atoms with Crippen molar-refractivity contribution in [2.75, 3.05) is 4.90 Å². The first-order valence-electron chi connectivity index (χ1n) is 12.5. The first-order valence-corrected chi connectivity index (χ1v) is 12.5. The van der Waals surface area contributed by atoms with Crippen LogP contribution in [0.15, 0.2) is 97.5 Å². The van der Waals surface area contributed by atoms with Crippen LogP contribution in [0, 0.1) is 11.2 Å². The summed E-state index contributed by atoms with van der Waals surface area (Å²) in [5, 5.41) is 8.37. The van der Waals surface area contributed by atoms with Crippen LogP contribution >= 0.6 is 0 Å². The number of carbonyl (C=O) groups is 2. The van der Waals surface area contributed by atoms with Gasteiger partial charge in [0.25, 0.3) is 5.91 Å². The van der Waals surface area contributed by atoms with E-state index in [-0.39, 0.29) is 17.5 Å². The van der Waals surface area contributed by atoms with E-state index in [0.717, 1.165) is 22.2 Å². The van der Waals surface area contributed by atoms with Crippen LogP contribution < -0.4 is 10.2 Å². The molecular weight excluding hydrogens is 495 g/mol. The standard InChI is InChI=1S/C30H25FN6O2/c1-30(2)26(35-28(38)27-32-15-6-16-33-27)25(19-7-4-3-5-8-19)36(29(30)39)23-13-14-24-20(17-23)18-34-37(24)22-11-9-21(31)10-12-22/h3-18,25-26H,1-2H3,(H,35,38)/t25-,26-/m0/s1. The minimum Gasteiger partial charge on any atom is -0.343 e. The van der Waals surface area contributed by atoms with E-state index in [1.165, 1.54) is 24.5 Å². The third kappa shape index (κ3) is 4.21. The lowest BCUT2D eigenvalue weighted by molar-refractivity contribution is -0.124. The monoisotopic (exact) mass is 520 g/mol. The van der Waals surface area contributed by atoms with E-state index in [2.05, 4.69) is 20.4 Å². The summed E-state index contributed by atoms with van der Waals surface area (Å²) in [7, 11) is 0. The van der Waals surface area contributed by atoms with Crippen molar-refractivity contribution >= 4 is 28.4 Å². The number of aromatic nitrogens is 4. The van der Waals surface area contributed by atoms with Gasteiger partial charge in [-0.3, -0.25) is 9.59 Å². The van der Waals surface area contributed by atoms with Gasteiger partial charge in [0.1, 0.15) is 5.82 Å². The molecule has 0 aliphatic carbocycles. The molecule has 3 heterocycles. The summed E-state index contributed by atoms with van der Waals surface area (Å²) in [5.74, 6) is -0.845. The fourth-order valence-electron chi connectivity index (χ4n) is 5.22. The zero-order chi connectivity index (χ0) is 27.1. The first-order chi connectivity index (χ1) is 18.8. The molecule has 1 N–H and O–H groups in total. The van der Waals surface area contributed by atoms with E-state index in [9.17, 15) is 14.0 Å². The van der Waals surface area contributed by atoms with Crippen LogP contribution in [-0.2, 0) is 4.79 Å². The Morgan fingerprint density at radius 2 is 1.62 bits per heavy atom. The number of hydrogen-bond donors (Lipinski definition) is 1. The Balaban J connectivity index is 1.42. The van der Waals surface area contributed by atoms with Crippen LogP contribution in [0.5, 0.6) is 0 Å². The number of anilines is 1. The Labute approximate surface area is 224 Å². The normalized spacial score (nSPS) is 18.4. The largest absolute Gasteiger partial charge is 0.343 e. The quantitative estimate of drug-likeness (QED) is 0.357. The number of amides is 2. The molecule has 8 nitrogen and oxygen atoms in total. The molecule has 1 fully saturated rings. The van der Waals surface area contributed by atoms with Crippen molar-refractivity contribution in [3.8, 4) is 5.69 Å². The molecule has 3 aromatic carbocycles. The van der Waals surface area contributed by atoms with Crippen LogP contribution in [0.2, 0.25) is 0 Å². The van der Waals surface area contributed by atoms with E-state index < -0.39 is 23.4 Å². The maximum Gasteiger partial charge on any atom is 0.289 e. The third-order valence-corrected chi connectivity index (χ3v) is 7.24. The van der Waals surface area contributed by atoms with Gasteiger partial charge in [-0.15, -0.1) is 0 Å². The van der Waals surface area contributed by atoms with Gasteiger partial charge in [-0.1, -0.05) is 30.3 Å². The molecule has 2 atom stereocenters. The van der Waals surface area contributed by atoms with Gasteiger partial charge in [0.2, 0.25) is 11.7 Å². The molecule has 0 unspecified atom stereocenters. The van der Waals surface area contributed by atoms with Gasteiger partial charge in [0.15, 0.2) is 0 Å². The molecule has 194 valence electrons. The van der Waals surface area contributed by atoms with Crippen LogP contribution in [0.3, 0.4) is 0 Å². The molecule has 0 bridgehead atoms. The number of fused-ring (bicyclic) bond motifs is 1. The Hall–Kier alpha value is -4.92. The highest BCUT2D eigenvalue weighted by molar-refractivity contribution is 6.04. The highest BCUT2D eigenvalue weighted by atomic mass is 19.1. The molecule has 2 amide bonds. The molecule has 6 rings (SSSR count). The first kappa shape index (κ1) is 24.4. The highest BCUT2D eigenvalue weighted by Crippen LogP contribution is 2.47. The number of nitrogens with zero attached hydrogens (tertiary/aromatic N) is 5. The van der Waals surface area contributed by atoms with Gasteiger partial charge in [0, 0.05) is 23.5 Å². The second kappa shape index (κ2) is 9.43. The lowest BCUT2D eigenvalue weighted by Crippen LogP contribution is -2.46. The summed E-state index contributed by atoms with van der Waals surface area (Å²) in [4.78, 5) is 37.1. The minimum atomic E-state index is -0.932. The molecular formula is C30H25FN6O2. The van der Waals surface area contributed by atoms with Crippen molar-refractivity contribution in [3.05, 3.63) is 115 Å². The molecule has 0 saturated carbocycles. The maximum atomic E-state index is 14.0. The zero-order valence-corrected chi connectivity index (χ0v) is 21.3. The third-order valence-electron chi connectivity index (χ3n) is 7.24. The molecule has 2 aromatic heterocycles. The Kier molecular flexibility index (Phi) is 5.91. The summed E-state index contributed by atoms with van der Waals surface area (Å²) >= 11 is 0. The zero-order valence-electron chi connectivity index (χ0n) is 21.3. The average molecular weight is 521 g/mol. The Bertz CT molecular complexity index is 1670. The molecule has 39 heavy (non-hydrogen) atoms. The number of halogens is 1. The predicted molar refractivity (Wildman–Crippen MR) is 145 cm³/mol. The van der Waals surface area contributed by atoms with Crippen molar-refractivity contribution in [1.82, 2.24) is 25.1 Å².